The summed E-state index contributed by atoms with van der Waals surface area (Å²) < 4.78 is 21.7. The number of oxazole rings is 1. The molecule has 0 saturated heterocycles. The van der Waals surface area contributed by atoms with Crippen LogP contribution in [0, 0.1) is 5.82 Å². The minimum Gasteiger partial charge on any atom is -0.436 e. The van der Waals surface area contributed by atoms with E-state index in [1.54, 1.807) is 65.6 Å². The minimum atomic E-state index is -0.407. The molecule has 1 N–H and O–H groups in total. The Morgan fingerprint density at radius 3 is 2.56 bits per heavy atom. The Labute approximate surface area is 194 Å². The van der Waals surface area contributed by atoms with Crippen LogP contribution < -0.4 is 5.32 Å². The van der Waals surface area contributed by atoms with Gasteiger partial charge in [-0.25, -0.2) is 9.37 Å². The van der Waals surface area contributed by atoms with Gasteiger partial charge in [0, 0.05) is 36.8 Å². The van der Waals surface area contributed by atoms with Crippen molar-refractivity contribution in [1.29, 1.82) is 0 Å². The van der Waals surface area contributed by atoms with Crippen LogP contribution >= 0.6 is 0 Å². The van der Waals surface area contributed by atoms with E-state index in [-0.39, 0.29) is 17.6 Å². The van der Waals surface area contributed by atoms with Gasteiger partial charge < -0.3 is 9.73 Å². The predicted molar refractivity (Wildman–Crippen MR) is 125 cm³/mol. The van der Waals surface area contributed by atoms with Crippen molar-refractivity contribution in [1.82, 2.24) is 19.7 Å². The van der Waals surface area contributed by atoms with Crippen molar-refractivity contribution in [2.45, 2.75) is 13.0 Å². The number of carbonyl (C=O) groups is 1. The second kappa shape index (κ2) is 9.50. The first kappa shape index (κ1) is 21.3. The second-order valence-corrected chi connectivity index (χ2v) is 7.58. The highest BCUT2D eigenvalue weighted by Gasteiger charge is 2.18. The van der Waals surface area contributed by atoms with Gasteiger partial charge in [-0.2, -0.15) is 5.10 Å². The molecule has 0 aliphatic rings. The maximum atomic E-state index is 14.1. The first-order valence-electron chi connectivity index (χ1n) is 10.7. The summed E-state index contributed by atoms with van der Waals surface area (Å²) in [6.07, 6.45) is 7.59. The molecular weight excluding hydrogens is 433 g/mol. The van der Waals surface area contributed by atoms with E-state index in [0.717, 1.165) is 12.0 Å². The monoisotopic (exact) mass is 453 g/mol. The van der Waals surface area contributed by atoms with E-state index >= 15 is 0 Å². The molecular formula is C26H20FN5O2. The Balaban J connectivity index is 1.32. The standard InChI is InChI=1S/C26H20FN5O2/c27-22-8-4-3-7-21(22)23-17-29-26(34-23)20-6-2-1-5-19(20)25(33)30-24-12-16-32(31-24)15-11-18-9-13-28-14-10-18/h1-10,12-14,16-17H,11,15H2,(H,30,31,33). The number of amides is 1. The number of rotatable bonds is 7. The number of hydrogen-bond donors (Lipinski definition) is 1. The number of nitrogens with zero attached hydrogens (tertiary/aromatic N) is 4. The van der Waals surface area contributed by atoms with Gasteiger partial charge in [-0.1, -0.05) is 24.3 Å². The zero-order chi connectivity index (χ0) is 23.3. The molecule has 0 aliphatic carbocycles. The Bertz CT molecular complexity index is 1430. The number of anilines is 1. The summed E-state index contributed by atoms with van der Waals surface area (Å²) in [5, 5.41) is 7.26. The van der Waals surface area contributed by atoms with Gasteiger partial charge in [0.1, 0.15) is 5.82 Å². The van der Waals surface area contributed by atoms with E-state index in [9.17, 15) is 9.18 Å². The number of halogens is 1. The van der Waals surface area contributed by atoms with Gasteiger partial charge in [0.15, 0.2) is 11.6 Å². The molecule has 0 aliphatic heterocycles. The summed E-state index contributed by atoms with van der Waals surface area (Å²) in [4.78, 5) is 21.3. The minimum absolute atomic E-state index is 0.229. The lowest BCUT2D eigenvalue weighted by atomic mass is 10.1. The molecule has 8 heteroatoms. The number of hydrogen-bond acceptors (Lipinski definition) is 5. The Kier molecular flexibility index (Phi) is 5.94. The topological polar surface area (TPSA) is 85.8 Å². The zero-order valence-corrected chi connectivity index (χ0v) is 18.1. The lowest BCUT2D eigenvalue weighted by molar-refractivity contribution is 0.102. The Morgan fingerprint density at radius 1 is 0.971 bits per heavy atom. The molecule has 5 aromatic rings. The average molecular weight is 453 g/mol. The van der Waals surface area contributed by atoms with Gasteiger partial charge in [0.25, 0.3) is 5.91 Å². The van der Waals surface area contributed by atoms with E-state index in [2.05, 4.69) is 20.4 Å². The first-order valence-corrected chi connectivity index (χ1v) is 10.7. The van der Waals surface area contributed by atoms with Crippen molar-refractivity contribution in [2.24, 2.45) is 0 Å². The lowest BCUT2D eigenvalue weighted by Crippen LogP contribution is -2.14. The fourth-order valence-electron chi connectivity index (χ4n) is 3.58. The molecule has 34 heavy (non-hydrogen) atoms. The molecule has 0 saturated carbocycles. The number of aryl methyl sites for hydroxylation is 2. The largest absolute Gasteiger partial charge is 0.436 e. The van der Waals surface area contributed by atoms with Crippen molar-refractivity contribution < 1.29 is 13.6 Å². The normalized spacial score (nSPS) is 10.9. The SMILES string of the molecule is O=C(Nc1ccn(CCc2ccncc2)n1)c1ccccc1-c1ncc(-c2ccccc2F)o1. The summed E-state index contributed by atoms with van der Waals surface area (Å²) in [5.41, 5.74) is 2.33. The summed E-state index contributed by atoms with van der Waals surface area (Å²) >= 11 is 0. The van der Waals surface area contributed by atoms with Crippen LogP contribution in [0.3, 0.4) is 0 Å². The van der Waals surface area contributed by atoms with Crippen LogP contribution in [0.1, 0.15) is 15.9 Å². The van der Waals surface area contributed by atoms with Crippen LogP contribution in [-0.4, -0.2) is 25.7 Å². The van der Waals surface area contributed by atoms with E-state index in [1.807, 2.05) is 18.3 Å². The van der Waals surface area contributed by atoms with E-state index in [0.29, 0.717) is 29.1 Å². The fourth-order valence-corrected chi connectivity index (χ4v) is 3.58. The number of aromatic nitrogens is 4. The van der Waals surface area contributed by atoms with Gasteiger partial charge in [-0.3, -0.25) is 14.5 Å². The maximum absolute atomic E-state index is 14.1. The van der Waals surface area contributed by atoms with Gasteiger partial charge in [0.2, 0.25) is 5.89 Å². The maximum Gasteiger partial charge on any atom is 0.257 e. The van der Waals surface area contributed by atoms with Gasteiger partial charge >= 0.3 is 0 Å². The number of pyridine rings is 1. The predicted octanol–water partition coefficient (Wildman–Crippen LogP) is 5.23. The zero-order valence-electron chi connectivity index (χ0n) is 18.1. The van der Waals surface area contributed by atoms with Crippen LogP contribution in [-0.2, 0) is 13.0 Å². The lowest BCUT2D eigenvalue weighted by Gasteiger charge is -2.07. The number of benzene rings is 2. The highest BCUT2D eigenvalue weighted by molar-refractivity contribution is 6.07. The number of carbonyl (C=O) groups excluding carboxylic acids is 1. The molecule has 5 rings (SSSR count). The van der Waals surface area contributed by atoms with E-state index in [1.165, 1.54) is 12.3 Å². The third-order valence-electron chi connectivity index (χ3n) is 5.31. The summed E-state index contributed by atoms with van der Waals surface area (Å²) in [6, 6.07) is 18.9. The molecule has 0 radical (unpaired) electrons. The molecule has 0 bridgehead atoms. The van der Waals surface area contributed by atoms with Gasteiger partial charge in [0.05, 0.1) is 17.3 Å². The van der Waals surface area contributed by atoms with Crippen molar-refractivity contribution in [2.75, 3.05) is 5.32 Å². The van der Waals surface area contributed by atoms with Crippen molar-refractivity contribution in [3.05, 3.63) is 108 Å². The summed E-state index contributed by atoms with van der Waals surface area (Å²) in [5.74, 6) is 0.202. The average Bonchev–Trinajstić information content (AvgIpc) is 3.54. The van der Waals surface area contributed by atoms with Crippen molar-refractivity contribution in [3.8, 4) is 22.8 Å². The third kappa shape index (κ3) is 4.61. The highest BCUT2D eigenvalue weighted by atomic mass is 19.1. The molecule has 0 unspecified atom stereocenters. The molecule has 3 aromatic heterocycles. The molecule has 1 amide bonds. The molecule has 3 heterocycles. The fraction of sp³-hybridized carbons (Fsp3) is 0.0769. The van der Waals surface area contributed by atoms with E-state index in [4.69, 9.17) is 4.42 Å². The molecule has 0 spiro atoms. The first-order chi connectivity index (χ1) is 16.7. The number of nitrogens with one attached hydrogen (secondary N) is 1. The third-order valence-corrected chi connectivity index (χ3v) is 5.31. The van der Waals surface area contributed by atoms with Crippen LogP contribution in [0.4, 0.5) is 10.2 Å². The van der Waals surface area contributed by atoms with Crippen LogP contribution in [0.25, 0.3) is 22.8 Å². The Hall–Kier alpha value is -4.59. The molecule has 0 fully saturated rings. The Morgan fingerprint density at radius 2 is 1.74 bits per heavy atom. The molecule has 0 atom stereocenters. The van der Waals surface area contributed by atoms with Gasteiger partial charge in [-0.05, 0) is 48.4 Å². The summed E-state index contributed by atoms with van der Waals surface area (Å²) in [6.45, 7) is 0.672. The van der Waals surface area contributed by atoms with Crippen molar-refractivity contribution >= 4 is 11.7 Å². The van der Waals surface area contributed by atoms with Crippen LogP contribution in [0.2, 0.25) is 0 Å². The summed E-state index contributed by atoms with van der Waals surface area (Å²) in [7, 11) is 0. The smallest absolute Gasteiger partial charge is 0.257 e. The van der Waals surface area contributed by atoms with Gasteiger partial charge in [-0.15, -0.1) is 0 Å². The van der Waals surface area contributed by atoms with Crippen LogP contribution in [0.5, 0.6) is 0 Å². The molecule has 7 nitrogen and oxygen atoms in total. The molecule has 168 valence electrons. The van der Waals surface area contributed by atoms with Crippen LogP contribution in [0.15, 0.2) is 95.9 Å². The van der Waals surface area contributed by atoms with Crippen molar-refractivity contribution in [3.63, 3.8) is 0 Å². The highest BCUT2D eigenvalue weighted by Crippen LogP contribution is 2.29. The van der Waals surface area contributed by atoms with E-state index < -0.39 is 5.82 Å². The molecule has 2 aromatic carbocycles. The quantitative estimate of drug-likeness (QED) is 0.365. The second-order valence-electron chi connectivity index (χ2n) is 7.58.